The van der Waals surface area contributed by atoms with Crippen LogP contribution in [0.15, 0.2) is 48.5 Å². The zero-order valence-electron chi connectivity index (χ0n) is 21.6. The predicted molar refractivity (Wildman–Crippen MR) is 139 cm³/mol. The molecule has 8 heteroatoms. The van der Waals surface area contributed by atoms with Crippen LogP contribution in [0.3, 0.4) is 0 Å². The van der Waals surface area contributed by atoms with Crippen molar-refractivity contribution in [3.63, 3.8) is 0 Å². The highest BCUT2D eigenvalue weighted by molar-refractivity contribution is 5.67. The molecule has 38 heavy (non-hydrogen) atoms. The number of halogens is 1. The van der Waals surface area contributed by atoms with E-state index >= 15 is 0 Å². The zero-order valence-corrected chi connectivity index (χ0v) is 21.6. The molecule has 7 nitrogen and oxygen atoms in total. The molecule has 200 valence electrons. The Kier molecular flexibility index (Phi) is 7.90. The fraction of sp³-hybridized carbons (Fsp3) is 0.400. The number of benzene rings is 2. The number of ether oxygens (including phenoxy) is 4. The molecule has 1 N–H and O–H groups in total. The molecule has 2 unspecified atom stereocenters. The fourth-order valence-electron chi connectivity index (χ4n) is 5.51. The van der Waals surface area contributed by atoms with Crippen LogP contribution < -0.4 is 9.47 Å². The lowest BCUT2D eigenvalue weighted by Crippen LogP contribution is -2.32. The van der Waals surface area contributed by atoms with Crippen LogP contribution in [0.4, 0.5) is 4.39 Å². The van der Waals surface area contributed by atoms with Gasteiger partial charge in [0.05, 0.1) is 12.7 Å². The van der Waals surface area contributed by atoms with Crippen molar-refractivity contribution in [2.24, 2.45) is 5.92 Å². The first kappa shape index (κ1) is 26.1. The lowest BCUT2D eigenvalue weighted by atomic mass is 10.0. The summed E-state index contributed by atoms with van der Waals surface area (Å²) in [5.74, 6) is 1.72. The van der Waals surface area contributed by atoms with Gasteiger partial charge in [-0.15, -0.1) is 0 Å². The van der Waals surface area contributed by atoms with Crippen molar-refractivity contribution in [2.45, 2.75) is 58.0 Å². The molecule has 2 saturated heterocycles. The highest BCUT2D eigenvalue weighted by atomic mass is 19.1. The minimum absolute atomic E-state index is 0.0227. The van der Waals surface area contributed by atoms with Crippen molar-refractivity contribution >= 4 is 6.47 Å². The maximum absolute atomic E-state index is 14.6. The molecule has 2 aliphatic heterocycles. The summed E-state index contributed by atoms with van der Waals surface area (Å²) < 4.78 is 38.2. The van der Waals surface area contributed by atoms with Gasteiger partial charge in [-0.25, -0.2) is 9.37 Å². The monoisotopic (exact) mass is 521 g/mol. The molecular weight excluding hydrogens is 489 g/mol. The molecular formula is C30H32FNO6. The number of aryl methyl sites for hydroxylation is 1. The number of carbonyl (C=O) groups is 1. The number of nitrogens with zero attached hydrogens (tertiary/aromatic N) is 1. The molecule has 0 bridgehead atoms. The number of rotatable bonds is 6. The van der Waals surface area contributed by atoms with Crippen LogP contribution in [0.5, 0.6) is 11.6 Å². The Morgan fingerprint density at radius 2 is 1.92 bits per heavy atom. The molecule has 3 aromatic rings. The van der Waals surface area contributed by atoms with Crippen molar-refractivity contribution < 1.29 is 33.2 Å². The highest BCUT2D eigenvalue weighted by Gasteiger charge is 2.43. The first-order valence-electron chi connectivity index (χ1n) is 12.9. The summed E-state index contributed by atoms with van der Waals surface area (Å²) in [5, 5.41) is 6.89. The van der Waals surface area contributed by atoms with Crippen LogP contribution in [-0.4, -0.2) is 48.1 Å². The average Bonchev–Trinajstić information content (AvgIpc) is 3.60. The Morgan fingerprint density at radius 1 is 1.11 bits per heavy atom. The maximum atomic E-state index is 14.6. The summed E-state index contributed by atoms with van der Waals surface area (Å²) in [6.07, 6.45) is 3.07. The van der Waals surface area contributed by atoms with Gasteiger partial charge in [-0.2, -0.15) is 0 Å². The fourth-order valence-corrected chi connectivity index (χ4v) is 5.51. The minimum Gasteiger partial charge on any atom is -0.489 e. The van der Waals surface area contributed by atoms with Crippen molar-refractivity contribution in [2.75, 3.05) is 13.2 Å². The standard InChI is InChI=1S/C29H30FNO4.CH2O2/c1-17-11-19-3-5-23(14-21(19)12-17)33-15-22-13-20(4-7-25(22)30)24-6-8-28(31-18(24)2)35-27-16-34-26-9-10-32-29(26)27;2-1-3/h3-8,13-14,17,26-27,29H,9-12,15-16H2,1-2H3;1H,(H,2,3)/t17?,26-,27?,29+;/m1./s1. The Bertz CT molecular complexity index is 1300. The lowest BCUT2D eigenvalue weighted by molar-refractivity contribution is -0.122. The van der Waals surface area contributed by atoms with Gasteiger partial charge in [0.1, 0.15) is 24.3 Å². The molecule has 2 aromatic carbocycles. The molecule has 0 saturated carbocycles. The van der Waals surface area contributed by atoms with Gasteiger partial charge >= 0.3 is 0 Å². The third kappa shape index (κ3) is 5.66. The summed E-state index contributed by atoms with van der Waals surface area (Å²) in [7, 11) is 0. The Labute approximate surface area is 221 Å². The van der Waals surface area contributed by atoms with Gasteiger partial charge in [0, 0.05) is 29.5 Å². The van der Waals surface area contributed by atoms with Crippen LogP contribution in [0.1, 0.15) is 35.7 Å². The second kappa shape index (κ2) is 11.5. The van der Waals surface area contributed by atoms with Gasteiger partial charge in [-0.1, -0.05) is 19.1 Å². The first-order valence-corrected chi connectivity index (χ1v) is 12.9. The Balaban J connectivity index is 0.000000937. The van der Waals surface area contributed by atoms with Crippen molar-refractivity contribution in [3.05, 3.63) is 76.7 Å². The van der Waals surface area contributed by atoms with E-state index in [1.165, 1.54) is 17.2 Å². The molecule has 0 radical (unpaired) electrons. The number of pyridine rings is 1. The van der Waals surface area contributed by atoms with Gasteiger partial charge in [0.2, 0.25) is 5.88 Å². The molecule has 1 aromatic heterocycles. The normalized spacial score (nSPS) is 23.2. The number of fused-ring (bicyclic) bond motifs is 2. The van der Waals surface area contributed by atoms with Gasteiger partial charge < -0.3 is 24.1 Å². The molecule has 4 atom stereocenters. The molecule has 0 spiro atoms. The van der Waals surface area contributed by atoms with Crippen LogP contribution >= 0.6 is 0 Å². The predicted octanol–water partition coefficient (Wildman–Crippen LogP) is 5.15. The minimum atomic E-state index is -0.276. The molecule has 0 amide bonds. The summed E-state index contributed by atoms with van der Waals surface area (Å²) in [5.41, 5.74) is 5.90. The molecule has 3 aliphatic rings. The second-order valence-electron chi connectivity index (χ2n) is 10.1. The zero-order chi connectivity index (χ0) is 26.6. The lowest BCUT2D eigenvalue weighted by Gasteiger charge is -2.18. The summed E-state index contributed by atoms with van der Waals surface area (Å²) in [4.78, 5) is 13.0. The van der Waals surface area contributed by atoms with Crippen LogP contribution in [0.25, 0.3) is 11.1 Å². The van der Waals surface area contributed by atoms with Gasteiger partial charge in [-0.3, -0.25) is 4.79 Å². The van der Waals surface area contributed by atoms with E-state index in [9.17, 15) is 4.39 Å². The van der Waals surface area contributed by atoms with E-state index in [1.54, 1.807) is 6.07 Å². The molecule has 2 fully saturated rings. The van der Waals surface area contributed by atoms with Gasteiger partial charge in [0.25, 0.3) is 6.47 Å². The topological polar surface area (TPSA) is 87.1 Å². The van der Waals surface area contributed by atoms with Crippen LogP contribution in [-0.2, 0) is 33.7 Å². The van der Waals surface area contributed by atoms with E-state index in [1.807, 2.05) is 31.2 Å². The van der Waals surface area contributed by atoms with E-state index in [0.717, 1.165) is 41.8 Å². The Morgan fingerprint density at radius 3 is 2.74 bits per heavy atom. The summed E-state index contributed by atoms with van der Waals surface area (Å²) in [6.45, 7) is 5.35. The third-order valence-electron chi connectivity index (χ3n) is 7.32. The number of carboxylic acid groups (broad SMARTS) is 1. The van der Waals surface area contributed by atoms with Crippen LogP contribution in [0, 0.1) is 18.7 Å². The largest absolute Gasteiger partial charge is 0.489 e. The first-order chi connectivity index (χ1) is 18.4. The SMILES string of the molecule is Cc1nc(OC2CO[C@@H]3CCO[C@H]23)ccc1-c1ccc(F)c(COc2ccc3c(c2)CC(C)C3)c1.O=CO. The third-order valence-corrected chi connectivity index (χ3v) is 7.32. The summed E-state index contributed by atoms with van der Waals surface area (Å²) >= 11 is 0. The van der Waals surface area contributed by atoms with Crippen molar-refractivity contribution in [1.29, 1.82) is 0 Å². The van der Waals surface area contributed by atoms with E-state index in [4.69, 9.17) is 28.8 Å². The highest BCUT2D eigenvalue weighted by Crippen LogP contribution is 2.32. The van der Waals surface area contributed by atoms with Gasteiger partial charge in [0.15, 0.2) is 6.10 Å². The number of hydrogen-bond donors (Lipinski definition) is 1. The second-order valence-corrected chi connectivity index (χ2v) is 10.1. The average molecular weight is 522 g/mol. The smallest absolute Gasteiger partial charge is 0.290 e. The molecule has 1 aliphatic carbocycles. The summed E-state index contributed by atoms with van der Waals surface area (Å²) in [6, 6.07) is 15.2. The quantitative estimate of drug-likeness (QED) is 0.449. The maximum Gasteiger partial charge on any atom is 0.290 e. The van der Waals surface area contributed by atoms with E-state index in [2.05, 4.69) is 24.0 Å². The van der Waals surface area contributed by atoms with Crippen molar-refractivity contribution in [3.8, 4) is 22.8 Å². The van der Waals surface area contributed by atoms with Crippen molar-refractivity contribution in [1.82, 2.24) is 4.98 Å². The molecule has 6 rings (SSSR count). The number of hydrogen-bond acceptors (Lipinski definition) is 6. The molecule has 3 heterocycles. The van der Waals surface area contributed by atoms with E-state index in [0.29, 0.717) is 30.6 Å². The van der Waals surface area contributed by atoms with E-state index < -0.39 is 0 Å². The van der Waals surface area contributed by atoms with E-state index in [-0.39, 0.29) is 37.2 Å². The number of aromatic nitrogens is 1. The Hall–Kier alpha value is -3.49. The van der Waals surface area contributed by atoms with Crippen LogP contribution in [0.2, 0.25) is 0 Å². The van der Waals surface area contributed by atoms with Gasteiger partial charge in [-0.05, 0) is 79.1 Å².